The van der Waals surface area contributed by atoms with Crippen molar-refractivity contribution in [2.24, 2.45) is 40.7 Å². The monoisotopic (exact) mass is 1760 g/mol. The molecule has 1 fully saturated rings. The molecule has 1 aromatic heterocycles. The normalized spacial score (nSPS) is 15.8. The van der Waals surface area contributed by atoms with Crippen molar-refractivity contribution in [1.29, 1.82) is 0 Å². The average Bonchev–Trinajstić information content (AvgIpc) is 1.71. The van der Waals surface area contributed by atoms with Crippen molar-refractivity contribution >= 4 is 129 Å². The van der Waals surface area contributed by atoms with Crippen LogP contribution in [0.2, 0.25) is 0 Å². The molecule has 690 valence electrons. The molecule has 3 aromatic rings. The van der Waals surface area contributed by atoms with Gasteiger partial charge in [0.05, 0.1) is 25.6 Å². The molecular weight excluding hydrogens is 1640 g/mol. The van der Waals surface area contributed by atoms with Gasteiger partial charge in [-0.2, -0.15) is 0 Å². The highest BCUT2D eigenvalue weighted by Crippen LogP contribution is 2.24. The number of nitrogens with two attached hydrogens (primary N) is 4. The van der Waals surface area contributed by atoms with Crippen LogP contribution in [0, 0.1) is 17.8 Å². The van der Waals surface area contributed by atoms with Gasteiger partial charge in [0.1, 0.15) is 84.6 Å². The van der Waals surface area contributed by atoms with Crippen LogP contribution >= 0.6 is 0 Å². The zero-order valence-corrected chi connectivity index (χ0v) is 71.2. The molecule has 2 heterocycles. The molecule has 1 saturated heterocycles. The molecule has 27 N–H and O–H groups in total. The molecule has 0 aliphatic carbocycles. The molecule has 0 unspecified atom stereocenters. The third kappa shape index (κ3) is 36.3. The van der Waals surface area contributed by atoms with Crippen LogP contribution in [-0.2, 0) is 109 Å². The molecule has 2 aromatic carbocycles. The largest absolute Gasteiger partial charge is 0.481 e. The van der Waals surface area contributed by atoms with Gasteiger partial charge in [0.15, 0.2) is 0 Å². The van der Waals surface area contributed by atoms with Crippen LogP contribution < -0.4 is 92.1 Å². The molecule has 15 atom stereocenters. The highest BCUT2D eigenvalue weighted by Gasteiger charge is 2.43. The molecular formula is C81H121N19O25. The van der Waals surface area contributed by atoms with Gasteiger partial charge in [-0.1, -0.05) is 90.1 Å². The van der Waals surface area contributed by atoms with E-state index in [-0.39, 0.29) is 82.7 Å². The van der Waals surface area contributed by atoms with Crippen LogP contribution in [0.3, 0.4) is 0 Å². The minimum atomic E-state index is -2.11. The van der Waals surface area contributed by atoms with Crippen LogP contribution in [-0.4, -0.2) is 264 Å². The fourth-order valence-corrected chi connectivity index (χ4v) is 13.7. The molecule has 44 heteroatoms. The predicted octanol–water partition coefficient (Wildman–Crippen LogP) is -5.26. The number of carboxylic acid groups (broad SMARTS) is 3. The number of carboxylic acids is 3. The lowest BCUT2D eigenvalue weighted by Gasteiger charge is -2.32. The number of carbonyl (C=O) groups excluding carboxylic acids is 17. The molecule has 125 heavy (non-hydrogen) atoms. The van der Waals surface area contributed by atoms with Gasteiger partial charge in [0, 0.05) is 62.7 Å². The molecule has 1 aliphatic heterocycles. The van der Waals surface area contributed by atoms with Crippen molar-refractivity contribution in [2.75, 3.05) is 19.7 Å². The lowest BCUT2D eigenvalue weighted by atomic mass is 9.98. The van der Waals surface area contributed by atoms with Gasteiger partial charge in [-0.05, 0) is 119 Å². The van der Waals surface area contributed by atoms with Gasteiger partial charge in [0.25, 0.3) is 0 Å². The van der Waals surface area contributed by atoms with E-state index >= 15 is 4.79 Å². The number of nitrogens with zero attached hydrogens (tertiary/aromatic N) is 1. The molecule has 4 rings (SSSR count). The topological polar surface area (TPSA) is 722 Å². The molecule has 0 radical (unpaired) electrons. The zero-order chi connectivity index (χ0) is 93.6. The van der Waals surface area contributed by atoms with Gasteiger partial charge < -0.3 is 127 Å². The van der Waals surface area contributed by atoms with E-state index in [1.807, 2.05) is 0 Å². The first-order chi connectivity index (χ1) is 58.8. The maximum absolute atomic E-state index is 15.2. The van der Waals surface area contributed by atoms with E-state index in [1.165, 1.54) is 17.0 Å². The Balaban J connectivity index is 1.65. The zero-order valence-electron chi connectivity index (χ0n) is 71.2. The minimum Gasteiger partial charge on any atom is -0.481 e. The maximum atomic E-state index is 15.2. The second kappa shape index (κ2) is 52.0. The number of aliphatic carboxylic acids is 3. The number of aromatic amines is 1. The van der Waals surface area contributed by atoms with E-state index in [4.69, 9.17) is 22.9 Å². The second-order valence-corrected chi connectivity index (χ2v) is 32.0. The first kappa shape index (κ1) is 105. The van der Waals surface area contributed by atoms with Crippen molar-refractivity contribution in [3.05, 3.63) is 71.9 Å². The number of hydrogen-bond acceptors (Lipinski definition) is 23. The van der Waals surface area contributed by atoms with E-state index in [1.54, 1.807) is 90.2 Å². The summed E-state index contributed by atoms with van der Waals surface area (Å²) in [5.74, 6) is -23.3. The third-order valence-electron chi connectivity index (χ3n) is 20.0. The Morgan fingerprint density at radius 2 is 0.864 bits per heavy atom. The van der Waals surface area contributed by atoms with Crippen LogP contribution in [0.4, 0.5) is 0 Å². The quantitative estimate of drug-likeness (QED) is 0.0235. The van der Waals surface area contributed by atoms with Crippen molar-refractivity contribution < 1.29 is 121 Å². The summed E-state index contributed by atoms with van der Waals surface area (Å²) >= 11 is 0. The Morgan fingerprint density at radius 1 is 0.440 bits per heavy atom. The van der Waals surface area contributed by atoms with Crippen LogP contribution in [0.25, 0.3) is 10.9 Å². The summed E-state index contributed by atoms with van der Waals surface area (Å²) in [7, 11) is 0. The summed E-state index contributed by atoms with van der Waals surface area (Å²) in [4.78, 5) is 275. The van der Waals surface area contributed by atoms with Gasteiger partial charge >= 0.3 is 17.9 Å². The van der Waals surface area contributed by atoms with Gasteiger partial charge in [-0.15, -0.1) is 0 Å². The smallest absolute Gasteiger partial charge is 0.305 e. The number of nitrogens with one attached hydrogen (secondary N) is 14. The van der Waals surface area contributed by atoms with Crippen molar-refractivity contribution in [1.82, 2.24) is 79.0 Å². The number of fused-ring (bicyclic) bond motifs is 1. The maximum Gasteiger partial charge on any atom is 0.305 e. The lowest BCUT2D eigenvalue weighted by Crippen LogP contribution is -2.62. The van der Waals surface area contributed by atoms with E-state index in [9.17, 15) is 117 Å². The Bertz CT molecular complexity index is 4290. The predicted molar refractivity (Wildman–Crippen MR) is 445 cm³/mol. The van der Waals surface area contributed by atoms with Gasteiger partial charge in [-0.3, -0.25) is 95.9 Å². The number of benzene rings is 2. The summed E-state index contributed by atoms with van der Waals surface area (Å²) < 4.78 is 0. The Morgan fingerprint density at radius 3 is 1.37 bits per heavy atom. The van der Waals surface area contributed by atoms with Crippen LogP contribution in [0.15, 0.2) is 60.8 Å². The Kier molecular flexibility index (Phi) is 43.5. The van der Waals surface area contributed by atoms with E-state index in [0.29, 0.717) is 28.5 Å². The Labute approximate surface area is 720 Å². The number of aromatic nitrogens is 1. The number of likely N-dealkylation sites (tertiary alicyclic amines) is 1. The van der Waals surface area contributed by atoms with Crippen molar-refractivity contribution in [3.8, 4) is 0 Å². The highest BCUT2D eigenvalue weighted by atomic mass is 16.4. The number of hydrogen-bond donors (Lipinski definition) is 23. The first-order valence-electron chi connectivity index (χ1n) is 41.1. The third-order valence-corrected chi connectivity index (χ3v) is 20.0. The fraction of sp³-hybridized carbons (Fsp3) is 0.580. The summed E-state index contributed by atoms with van der Waals surface area (Å²) in [6, 6.07) is -8.56. The highest BCUT2D eigenvalue weighted by molar-refractivity contribution is 6.02. The molecule has 0 bridgehead atoms. The summed E-state index contributed by atoms with van der Waals surface area (Å²) in [6.45, 7) is 11.3. The van der Waals surface area contributed by atoms with E-state index in [2.05, 4.69) is 74.1 Å². The number of unbranched alkanes of at least 4 members (excludes halogenated alkanes) is 1. The fourth-order valence-electron chi connectivity index (χ4n) is 13.7. The minimum absolute atomic E-state index is 0.00968. The first-order valence-corrected chi connectivity index (χ1v) is 41.1. The number of rotatable bonds is 56. The van der Waals surface area contributed by atoms with E-state index < -0.39 is 273 Å². The number of primary amides is 3. The SMILES string of the molecule is CC(=O)N[C@@H](CCC(N)=O)C(=O)N[C@@H](CCC(=O)O)C(=O)N[C@H](C(=O)N[C@@H](Cc1ccccc1)C(=O)N[C@@H](CO)C(=O)N[C@@H](CC(=O)O)C(=O)N[C@@H](CC(C)C)C(=O)N[C@@H](Cc1c[nH]c2ccccc12)C(=O)N[C@@H](CCCCN)C(=O)N[C@@H](CC(C)C)C(=O)N[C@@H](CC(C)C)C(=O)N1CCC[C@H]1C(=O)N[C@@H](CCC(=O)O)C(=O)N[C@@H](CC(N)=O)C(N)=O)[C@@H](C)O. The lowest BCUT2D eigenvalue weighted by molar-refractivity contribution is -0.143. The second-order valence-electron chi connectivity index (χ2n) is 32.0. The average molecular weight is 1760 g/mol. The summed E-state index contributed by atoms with van der Waals surface area (Å²) in [5, 5.41) is 83.0. The van der Waals surface area contributed by atoms with Gasteiger partial charge in [-0.25, -0.2) is 0 Å². The number of amides is 17. The Hall–Kier alpha value is -12.7. The van der Waals surface area contributed by atoms with Crippen molar-refractivity contribution in [2.45, 2.75) is 262 Å². The number of aliphatic hydroxyl groups excluding tert-OH is 2. The van der Waals surface area contributed by atoms with Crippen molar-refractivity contribution in [3.63, 3.8) is 0 Å². The summed E-state index contributed by atoms with van der Waals surface area (Å²) in [5.41, 5.74) is 23.2. The number of H-pyrrole nitrogens is 1. The van der Waals surface area contributed by atoms with Gasteiger partial charge in [0.2, 0.25) is 100 Å². The number of aliphatic hydroxyl groups is 2. The molecule has 1 aliphatic rings. The number of carbonyl (C=O) groups is 20. The molecule has 17 amide bonds. The van der Waals surface area contributed by atoms with Crippen LogP contribution in [0.5, 0.6) is 0 Å². The van der Waals surface area contributed by atoms with Crippen LogP contribution in [0.1, 0.15) is 169 Å². The number of para-hydroxylation sites is 1. The molecule has 0 saturated carbocycles. The molecule has 0 spiro atoms. The van der Waals surface area contributed by atoms with E-state index in [0.717, 1.165) is 13.8 Å². The molecule has 44 nitrogen and oxygen atoms in total. The summed E-state index contributed by atoms with van der Waals surface area (Å²) in [6.07, 6.45) is -5.69. The standard InChI is InChI=1S/C81H121N19O25/c1-40(2)31-54(93-77(121)58(37-66(110)111)95-78(122)60(39-101)98-75(119)56(34-45-17-10-9-11-18-45)96-80(124)67(43(7)102)99-72(116)52(25-28-65(108)109)89-70(114)50(87-44(8)103)23-26-62(83)104)73(117)94-57(35-46-38-86-48-20-13-12-19-47(46)48)76(120)88-49(21-14-15-29-82)69(113)92-55(32-41(3)4)74(118)97-59(33-42(5)6)81(125)100-30-16-22-61(100)79(123)90-51(24-27-64(106)107)71(115)91-53(68(85)112)36-63(84)105/h9-13,17-20,38,40-43,49-61,67,86,101-102H,14-16,21-37,39,82H2,1-8H3,(H2,83,104)(H2,84,105)(H2,85,112)(H,87,103)(H,88,120)(H,89,114)(H,90,123)(H,91,115)(H,92,113)(H,93,121)(H,94,117)(H,95,122)(H,96,124)(H,97,118)(H,98,119)(H,99,116)(H,106,107)(H,108,109)(H,110,111)/t43-,49+,50+,51+,52+,53+,54+,55+,56+,57+,58+,59+,60+,61+,67+/m1/s1.